The second kappa shape index (κ2) is 4.49. The van der Waals surface area contributed by atoms with Crippen molar-refractivity contribution in [2.45, 2.75) is 12.8 Å². The number of hydrogen-bond acceptors (Lipinski definition) is 3. The van der Waals surface area contributed by atoms with E-state index in [-0.39, 0.29) is 0 Å². The fourth-order valence-corrected chi connectivity index (χ4v) is 2.89. The molecular weight excluding hydrogens is 212 g/mol. The number of allylic oxidation sites excluding steroid dienone is 1. The Morgan fingerprint density at radius 2 is 2.29 bits per heavy atom. The van der Waals surface area contributed by atoms with E-state index >= 15 is 0 Å². The molecular formula is C14H18N2O. The predicted molar refractivity (Wildman–Crippen MR) is 67.8 cm³/mol. The Hall–Kier alpha value is -1.35. The van der Waals surface area contributed by atoms with Crippen molar-refractivity contribution < 1.29 is 4.74 Å². The van der Waals surface area contributed by atoms with Gasteiger partial charge in [-0.05, 0) is 48.4 Å². The predicted octanol–water partition coefficient (Wildman–Crippen LogP) is 2.10. The molecule has 1 saturated heterocycles. The highest BCUT2D eigenvalue weighted by molar-refractivity contribution is 5.67. The number of pyridine rings is 1. The lowest BCUT2D eigenvalue weighted by Gasteiger charge is -2.23. The molecule has 1 N–H and O–H groups in total. The van der Waals surface area contributed by atoms with Gasteiger partial charge in [-0.2, -0.15) is 0 Å². The van der Waals surface area contributed by atoms with Crippen molar-refractivity contribution in [1.82, 2.24) is 10.3 Å². The van der Waals surface area contributed by atoms with Gasteiger partial charge in [0.25, 0.3) is 0 Å². The van der Waals surface area contributed by atoms with E-state index in [1.807, 2.05) is 6.20 Å². The molecule has 1 aromatic rings. The van der Waals surface area contributed by atoms with Gasteiger partial charge in [-0.15, -0.1) is 0 Å². The lowest BCUT2D eigenvalue weighted by molar-refractivity contribution is 0.412. The number of ether oxygens (including phenoxy) is 1. The first-order valence-electron chi connectivity index (χ1n) is 6.27. The molecule has 1 fully saturated rings. The van der Waals surface area contributed by atoms with Crippen molar-refractivity contribution in [2.75, 3.05) is 20.2 Å². The average Bonchev–Trinajstić information content (AvgIpc) is 2.86. The summed E-state index contributed by atoms with van der Waals surface area (Å²) in [6, 6.07) is 2.08. The van der Waals surface area contributed by atoms with Gasteiger partial charge in [-0.1, -0.05) is 6.08 Å². The Labute approximate surface area is 102 Å². The lowest BCUT2D eigenvalue weighted by atomic mass is 9.81. The molecule has 0 saturated carbocycles. The van der Waals surface area contributed by atoms with Crippen LogP contribution in [0.3, 0.4) is 0 Å². The zero-order valence-corrected chi connectivity index (χ0v) is 10.1. The summed E-state index contributed by atoms with van der Waals surface area (Å²) in [5.41, 5.74) is 2.65. The van der Waals surface area contributed by atoms with Gasteiger partial charge in [0.1, 0.15) is 5.75 Å². The minimum atomic E-state index is 0.713. The molecule has 1 aliphatic carbocycles. The molecule has 0 aromatic carbocycles. The Morgan fingerprint density at radius 3 is 3.18 bits per heavy atom. The molecule has 2 aliphatic rings. The largest absolute Gasteiger partial charge is 0.495 e. The van der Waals surface area contributed by atoms with Crippen LogP contribution >= 0.6 is 0 Å². The van der Waals surface area contributed by atoms with Crippen molar-refractivity contribution in [3.05, 3.63) is 30.1 Å². The number of nitrogens with zero attached hydrogens (tertiary/aromatic N) is 1. The second-order valence-corrected chi connectivity index (χ2v) is 4.93. The van der Waals surface area contributed by atoms with Crippen LogP contribution in [-0.2, 0) is 0 Å². The molecule has 0 spiro atoms. The summed E-state index contributed by atoms with van der Waals surface area (Å²) >= 11 is 0. The molecule has 0 radical (unpaired) electrons. The minimum absolute atomic E-state index is 0.713. The average molecular weight is 230 g/mol. The van der Waals surface area contributed by atoms with E-state index in [1.165, 1.54) is 24.1 Å². The molecule has 3 heteroatoms. The van der Waals surface area contributed by atoms with Crippen LogP contribution in [0.15, 0.2) is 24.5 Å². The van der Waals surface area contributed by atoms with Crippen LogP contribution < -0.4 is 10.1 Å². The molecule has 0 unspecified atom stereocenters. The van der Waals surface area contributed by atoms with Crippen LogP contribution in [0.1, 0.15) is 18.4 Å². The van der Waals surface area contributed by atoms with Gasteiger partial charge in [-0.25, -0.2) is 0 Å². The summed E-state index contributed by atoms with van der Waals surface area (Å²) in [4.78, 5) is 4.23. The summed E-state index contributed by atoms with van der Waals surface area (Å²) in [5, 5.41) is 3.47. The van der Waals surface area contributed by atoms with Crippen molar-refractivity contribution >= 4 is 5.57 Å². The molecule has 3 rings (SSSR count). The van der Waals surface area contributed by atoms with Crippen molar-refractivity contribution in [1.29, 1.82) is 0 Å². The van der Waals surface area contributed by atoms with E-state index in [0.29, 0.717) is 5.92 Å². The summed E-state index contributed by atoms with van der Waals surface area (Å²) < 4.78 is 5.23. The summed E-state index contributed by atoms with van der Waals surface area (Å²) in [6.07, 6.45) is 8.59. The van der Waals surface area contributed by atoms with Crippen LogP contribution in [0.2, 0.25) is 0 Å². The number of aromatic nitrogens is 1. The second-order valence-electron chi connectivity index (χ2n) is 4.93. The van der Waals surface area contributed by atoms with E-state index in [9.17, 15) is 0 Å². The normalized spacial score (nSPS) is 27.5. The molecule has 2 atom stereocenters. The maximum Gasteiger partial charge on any atom is 0.137 e. The van der Waals surface area contributed by atoms with Crippen molar-refractivity contribution in [2.24, 2.45) is 11.8 Å². The first-order valence-corrected chi connectivity index (χ1v) is 6.27. The van der Waals surface area contributed by atoms with Gasteiger partial charge in [-0.3, -0.25) is 4.98 Å². The maximum atomic E-state index is 5.23. The SMILES string of the molecule is COc1cncc(C2=C[C@H]3CNC[C@H]3CC2)c1. The van der Waals surface area contributed by atoms with Gasteiger partial charge in [0.2, 0.25) is 0 Å². The number of hydrogen-bond donors (Lipinski definition) is 1. The summed E-state index contributed by atoms with van der Waals surface area (Å²) in [7, 11) is 1.69. The maximum absolute atomic E-state index is 5.23. The third-order valence-corrected chi connectivity index (χ3v) is 3.91. The van der Waals surface area contributed by atoms with Gasteiger partial charge in [0.15, 0.2) is 0 Å². The molecule has 1 aromatic heterocycles. The van der Waals surface area contributed by atoms with Crippen LogP contribution in [0.5, 0.6) is 5.75 Å². The van der Waals surface area contributed by atoms with Crippen LogP contribution in [0.4, 0.5) is 0 Å². The Bertz CT molecular complexity index is 442. The third kappa shape index (κ3) is 2.07. The first-order chi connectivity index (χ1) is 8.36. The fraction of sp³-hybridized carbons (Fsp3) is 0.500. The highest BCUT2D eigenvalue weighted by Gasteiger charge is 2.29. The van der Waals surface area contributed by atoms with Crippen LogP contribution in [0, 0.1) is 11.8 Å². The summed E-state index contributed by atoms with van der Waals surface area (Å²) in [6.45, 7) is 2.32. The first kappa shape index (κ1) is 10.8. The van der Waals surface area contributed by atoms with E-state index in [4.69, 9.17) is 4.74 Å². The molecule has 2 heterocycles. The zero-order chi connectivity index (χ0) is 11.7. The molecule has 17 heavy (non-hydrogen) atoms. The van der Waals surface area contributed by atoms with Crippen molar-refractivity contribution in [3.63, 3.8) is 0 Å². The van der Waals surface area contributed by atoms with E-state index < -0.39 is 0 Å². The fourth-order valence-electron chi connectivity index (χ4n) is 2.89. The van der Waals surface area contributed by atoms with Gasteiger partial charge in [0, 0.05) is 12.7 Å². The molecule has 90 valence electrons. The highest BCUT2D eigenvalue weighted by atomic mass is 16.5. The zero-order valence-electron chi connectivity index (χ0n) is 10.1. The van der Waals surface area contributed by atoms with Gasteiger partial charge < -0.3 is 10.1 Å². The number of nitrogens with one attached hydrogen (secondary N) is 1. The smallest absolute Gasteiger partial charge is 0.137 e. The third-order valence-electron chi connectivity index (χ3n) is 3.91. The number of methoxy groups -OCH3 is 1. The van der Waals surface area contributed by atoms with E-state index in [2.05, 4.69) is 22.4 Å². The van der Waals surface area contributed by atoms with Gasteiger partial charge >= 0.3 is 0 Å². The highest BCUT2D eigenvalue weighted by Crippen LogP contribution is 2.36. The monoisotopic (exact) mass is 230 g/mol. The Kier molecular flexibility index (Phi) is 2.85. The van der Waals surface area contributed by atoms with Crippen LogP contribution in [-0.4, -0.2) is 25.2 Å². The number of rotatable bonds is 2. The van der Waals surface area contributed by atoms with E-state index in [1.54, 1.807) is 13.3 Å². The molecule has 0 amide bonds. The minimum Gasteiger partial charge on any atom is -0.495 e. The lowest BCUT2D eigenvalue weighted by Crippen LogP contribution is -2.15. The summed E-state index contributed by atoms with van der Waals surface area (Å²) in [5.74, 6) is 2.40. The number of fused-ring (bicyclic) bond motifs is 1. The molecule has 3 nitrogen and oxygen atoms in total. The topological polar surface area (TPSA) is 34.1 Å². The van der Waals surface area contributed by atoms with Gasteiger partial charge in [0.05, 0.1) is 13.3 Å². The molecule has 0 bridgehead atoms. The van der Waals surface area contributed by atoms with Crippen LogP contribution in [0.25, 0.3) is 5.57 Å². The van der Waals surface area contributed by atoms with Crippen molar-refractivity contribution in [3.8, 4) is 5.75 Å². The Balaban J connectivity index is 1.88. The Morgan fingerprint density at radius 1 is 1.35 bits per heavy atom. The van der Waals surface area contributed by atoms with E-state index in [0.717, 1.165) is 24.6 Å². The standard InChI is InChI=1S/C14H18N2O/c1-17-14-5-13(8-16-9-14)10-2-3-11-6-15-7-12(11)4-10/h4-5,8-9,11-12,15H,2-3,6-7H2,1H3/t11-,12+/m1/s1. The molecule has 1 aliphatic heterocycles. The quantitative estimate of drug-likeness (QED) is 0.845.